The molecule has 0 aliphatic carbocycles. The number of benzene rings is 2. The predicted molar refractivity (Wildman–Crippen MR) is 135 cm³/mol. The van der Waals surface area contributed by atoms with Gasteiger partial charge in [0.15, 0.2) is 0 Å². The van der Waals surface area contributed by atoms with E-state index < -0.39 is 0 Å². The Labute approximate surface area is 188 Å². The predicted octanol–water partition coefficient (Wildman–Crippen LogP) is 6.40. The molecule has 4 heteroatoms. The van der Waals surface area contributed by atoms with Crippen LogP contribution in [-0.4, -0.2) is 40.4 Å². The molecule has 0 aliphatic rings. The van der Waals surface area contributed by atoms with Crippen molar-refractivity contribution < 1.29 is 9.47 Å². The maximum Gasteiger partial charge on any atom is 0.128 e. The Morgan fingerprint density at radius 2 is 1.16 bits per heavy atom. The zero-order chi connectivity index (χ0) is 22.8. The Morgan fingerprint density at radius 1 is 0.742 bits per heavy atom. The highest BCUT2D eigenvalue weighted by molar-refractivity contribution is 5.87. The van der Waals surface area contributed by atoms with Crippen LogP contribution in [0.5, 0.6) is 11.5 Å². The highest BCUT2D eigenvalue weighted by atomic mass is 16.5. The third kappa shape index (κ3) is 5.63. The van der Waals surface area contributed by atoms with E-state index in [9.17, 15) is 0 Å². The summed E-state index contributed by atoms with van der Waals surface area (Å²) in [4.78, 5) is 4.64. The van der Waals surface area contributed by atoms with Crippen molar-refractivity contribution in [3.05, 3.63) is 65.8 Å². The molecule has 4 nitrogen and oxygen atoms in total. The molecule has 0 aromatic heterocycles. The van der Waals surface area contributed by atoms with E-state index in [1.54, 1.807) is 14.2 Å². The maximum atomic E-state index is 5.84. The molecule has 0 fully saturated rings. The molecule has 0 unspecified atom stereocenters. The normalized spacial score (nSPS) is 10.8. The molecule has 2 aromatic rings. The summed E-state index contributed by atoms with van der Waals surface area (Å²) in [5, 5.41) is 0. The molecule has 0 spiro atoms. The van der Waals surface area contributed by atoms with E-state index in [1.165, 1.54) is 11.4 Å². The number of methoxy groups -OCH3 is 2. The Morgan fingerprint density at radius 3 is 1.48 bits per heavy atom. The smallest absolute Gasteiger partial charge is 0.128 e. The zero-order valence-corrected chi connectivity index (χ0v) is 20.2. The second-order valence-corrected chi connectivity index (χ2v) is 7.22. The van der Waals surface area contributed by atoms with E-state index in [0.29, 0.717) is 0 Å². The van der Waals surface area contributed by atoms with Gasteiger partial charge in [-0.1, -0.05) is 18.2 Å². The van der Waals surface area contributed by atoms with Gasteiger partial charge in [-0.15, -0.1) is 0 Å². The van der Waals surface area contributed by atoms with Crippen molar-refractivity contribution >= 4 is 16.9 Å². The molecule has 0 bridgehead atoms. The number of hydrogen-bond donors (Lipinski definition) is 0. The molecule has 0 amide bonds. The van der Waals surface area contributed by atoms with Gasteiger partial charge in [-0.05, 0) is 64.5 Å². The van der Waals surface area contributed by atoms with Crippen LogP contribution in [-0.2, 0) is 0 Å². The number of rotatable bonds is 11. The second-order valence-electron chi connectivity index (χ2n) is 7.22. The Hall–Kier alpha value is -2.88. The minimum Gasteiger partial charge on any atom is -0.496 e. The standard InChI is InChI=1S/C27H38N2O2/c1-8-13-14-23(24-17-15-21(19-26(24)30-6)28(9-2)10-3)25-18-16-22(20-27(25)31-7)29(11-4)12-5/h8,13-20H,9-12H2,1-7H3. The average molecular weight is 423 g/mol. The van der Waals surface area contributed by atoms with Crippen molar-refractivity contribution in [3.8, 4) is 11.5 Å². The van der Waals surface area contributed by atoms with Gasteiger partial charge >= 0.3 is 0 Å². The zero-order valence-electron chi connectivity index (χ0n) is 20.2. The first-order valence-electron chi connectivity index (χ1n) is 11.3. The number of hydrogen-bond acceptors (Lipinski definition) is 4. The number of anilines is 2. The summed E-state index contributed by atoms with van der Waals surface area (Å²) in [5.41, 5.74) is 5.50. The van der Waals surface area contributed by atoms with Crippen LogP contribution < -0.4 is 19.3 Å². The monoisotopic (exact) mass is 422 g/mol. The van der Waals surface area contributed by atoms with Gasteiger partial charge in [-0.3, -0.25) is 0 Å². The lowest BCUT2D eigenvalue weighted by atomic mass is 9.94. The van der Waals surface area contributed by atoms with Crippen LogP contribution in [0.3, 0.4) is 0 Å². The summed E-state index contributed by atoms with van der Waals surface area (Å²) in [6, 6.07) is 12.9. The number of ether oxygens (including phenoxy) is 2. The van der Waals surface area contributed by atoms with E-state index in [2.05, 4.69) is 86.0 Å². The first-order chi connectivity index (χ1) is 15.1. The lowest BCUT2D eigenvalue weighted by molar-refractivity contribution is 0.411. The van der Waals surface area contributed by atoms with Crippen molar-refractivity contribution in [2.75, 3.05) is 50.2 Å². The topological polar surface area (TPSA) is 24.9 Å². The quantitative estimate of drug-likeness (QED) is 0.391. The lowest BCUT2D eigenvalue weighted by Gasteiger charge is -2.24. The van der Waals surface area contributed by atoms with Gasteiger partial charge in [-0.2, -0.15) is 0 Å². The fourth-order valence-corrected chi connectivity index (χ4v) is 3.89. The molecule has 0 aliphatic heterocycles. The van der Waals surface area contributed by atoms with Crippen LogP contribution in [0.2, 0.25) is 0 Å². The van der Waals surface area contributed by atoms with Gasteiger partial charge in [0.2, 0.25) is 0 Å². The third-order valence-corrected chi connectivity index (χ3v) is 5.66. The number of allylic oxidation sites excluding steroid dienone is 3. The van der Waals surface area contributed by atoms with Gasteiger partial charge in [-0.25, -0.2) is 0 Å². The Bertz CT molecular complexity index is 829. The van der Waals surface area contributed by atoms with E-state index in [0.717, 1.165) is 54.4 Å². The van der Waals surface area contributed by atoms with Crippen molar-refractivity contribution in [2.45, 2.75) is 34.6 Å². The SMILES string of the molecule is CC=CC=C(c1ccc(N(CC)CC)cc1OC)c1ccc(N(CC)CC)cc1OC. The van der Waals surface area contributed by atoms with E-state index in [1.807, 2.05) is 13.0 Å². The van der Waals surface area contributed by atoms with Crippen LogP contribution in [0.1, 0.15) is 45.7 Å². The summed E-state index contributed by atoms with van der Waals surface area (Å²) in [6.45, 7) is 14.5. The van der Waals surface area contributed by atoms with Crippen LogP contribution in [0.4, 0.5) is 11.4 Å². The Balaban J connectivity index is 2.64. The first kappa shape index (κ1) is 24.4. The number of nitrogens with zero attached hydrogens (tertiary/aromatic N) is 2. The van der Waals surface area contributed by atoms with Gasteiger partial charge < -0.3 is 19.3 Å². The summed E-state index contributed by atoms with van der Waals surface area (Å²) in [5.74, 6) is 1.71. The molecule has 2 rings (SSSR count). The third-order valence-electron chi connectivity index (χ3n) is 5.66. The van der Waals surface area contributed by atoms with Gasteiger partial charge in [0.05, 0.1) is 14.2 Å². The van der Waals surface area contributed by atoms with Crippen molar-refractivity contribution in [2.24, 2.45) is 0 Å². The van der Waals surface area contributed by atoms with Gasteiger partial charge in [0.1, 0.15) is 11.5 Å². The van der Waals surface area contributed by atoms with Crippen LogP contribution in [0.15, 0.2) is 54.6 Å². The summed E-state index contributed by atoms with van der Waals surface area (Å²) < 4.78 is 11.7. The summed E-state index contributed by atoms with van der Waals surface area (Å²) >= 11 is 0. The molecule has 0 heterocycles. The second kappa shape index (κ2) is 12.1. The van der Waals surface area contributed by atoms with Crippen molar-refractivity contribution in [1.82, 2.24) is 0 Å². The highest BCUT2D eigenvalue weighted by Crippen LogP contribution is 2.39. The summed E-state index contributed by atoms with van der Waals surface area (Å²) in [6.07, 6.45) is 6.22. The van der Waals surface area contributed by atoms with E-state index in [-0.39, 0.29) is 0 Å². The lowest BCUT2D eigenvalue weighted by Crippen LogP contribution is -2.22. The van der Waals surface area contributed by atoms with Crippen LogP contribution in [0.25, 0.3) is 5.57 Å². The molecular formula is C27H38N2O2. The van der Waals surface area contributed by atoms with Crippen molar-refractivity contribution in [3.63, 3.8) is 0 Å². The van der Waals surface area contributed by atoms with E-state index in [4.69, 9.17) is 9.47 Å². The highest BCUT2D eigenvalue weighted by Gasteiger charge is 2.17. The van der Waals surface area contributed by atoms with Crippen LogP contribution in [0, 0.1) is 0 Å². The molecule has 0 saturated carbocycles. The van der Waals surface area contributed by atoms with Crippen molar-refractivity contribution in [1.29, 1.82) is 0 Å². The largest absolute Gasteiger partial charge is 0.496 e. The maximum absolute atomic E-state index is 5.84. The summed E-state index contributed by atoms with van der Waals surface area (Å²) in [7, 11) is 3.47. The molecular weight excluding hydrogens is 384 g/mol. The van der Waals surface area contributed by atoms with Gasteiger partial charge in [0, 0.05) is 60.8 Å². The molecule has 168 valence electrons. The minimum atomic E-state index is 0.857. The van der Waals surface area contributed by atoms with Gasteiger partial charge in [0.25, 0.3) is 0 Å². The van der Waals surface area contributed by atoms with Crippen LogP contribution >= 0.6 is 0 Å². The fraction of sp³-hybridized carbons (Fsp3) is 0.407. The fourth-order valence-electron chi connectivity index (χ4n) is 3.89. The first-order valence-corrected chi connectivity index (χ1v) is 11.3. The minimum absolute atomic E-state index is 0.857. The molecule has 0 radical (unpaired) electrons. The van der Waals surface area contributed by atoms with E-state index >= 15 is 0 Å². The Kier molecular flexibility index (Phi) is 9.51. The molecule has 0 saturated heterocycles. The molecule has 0 N–H and O–H groups in total. The molecule has 0 atom stereocenters. The molecule has 2 aromatic carbocycles. The molecule has 31 heavy (non-hydrogen) atoms. The average Bonchev–Trinajstić information content (AvgIpc) is 2.81.